The predicted octanol–water partition coefficient (Wildman–Crippen LogP) is 6.07. The van der Waals surface area contributed by atoms with Gasteiger partial charge in [-0.15, -0.1) is 10.2 Å². The van der Waals surface area contributed by atoms with E-state index in [4.69, 9.17) is 0 Å². The minimum Gasteiger partial charge on any atom is -0.503 e. The van der Waals surface area contributed by atoms with Crippen LogP contribution in [0, 0.1) is 0 Å². The van der Waals surface area contributed by atoms with E-state index in [0.717, 1.165) is 11.8 Å². The number of rotatable bonds is 6. The summed E-state index contributed by atoms with van der Waals surface area (Å²) in [5.74, 6) is -4.73. The average Bonchev–Trinajstić information content (AvgIpc) is 3.11. The molecule has 0 spiro atoms. The van der Waals surface area contributed by atoms with Crippen LogP contribution in [0.4, 0.5) is 18.9 Å². The van der Waals surface area contributed by atoms with Gasteiger partial charge in [0.05, 0.1) is 22.9 Å². The molecule has 0 radical (unpaired) electrons. The Morgan fingerprint density at radius 2 is 1.41 bits per heavy atom. The summed E-state index contributed by atoms with van der Waals surface area (Å²) in [6, 6.07) is 21.0. The second kappa shape index (κ2) is 10.9. The van der Waals surface area contributed by atoms with Crippen molar-refractivity contribution in [2.24, 2.45) is 10.2 Å². The number of allylic oxidation sites excluding steroid dienone is 2. The molecule has 3 aromatic rings. The number of aliphatic hydroxyl groups excluding tert-OH is 1. The van der Waals surface area contributed by atoms with Crippen molar-refractivity contribution in [3.8, 4) is 0 Å². The van der Waals surface area contributed by atoms with Gasteiger partial charge in [0.25, 0.3) is 11.8 Å². The molecule has 0 bridgehead atoms. The van der Waals surface area contributed by atoms with Gasteiger partial charge in [-0.25, -0.2) is 0 Å². The van der Waals surface area contributed by atoms with Crippen molar-refractivity contribution in [3.05, 3.63) is 113 Å². The van der Waals surface area contributed by atoms with Crippen LogP contribution in [-0.2, 0) is 21.3 Å². The van der Waals surface area contributed by atoms with E-state index in [1.807, 2.05) is 0 Å². The van der Waals surface area contributed by atoms with Gasteiger partial charge in [0, 0.05) is 6.92 Å². The molecule has 11 heteroatoms. The maximum absolute atomic E-state index is 13.6. The molecule has 37 heavy (non-hydrogen) atoms. The molecule has 0 aliphatic carbocycles. The van der Waals surface area contributed by atoms with E-state index in [1.165, 1.54) is 18.2 Å². The van der Waals surface area contributed by atoms with Crippen molar-refractivity contribution < 1.29 is 49.2 Å². The van der Waals surface area contributed by atoms with E-state index < -0.39 is 41.3 Å². The fourth-order valence-electron chi connectivity index (χ4n) is 3.89. The number of carbonyl (C=O) groups is 3. The molecule has 190 valence electrons. The second-order valence-electron chi connectivity index (χ2n) is 7.86. The largest absolute Gasteiger partial charge is 2.00 e. The Labute approximate surface area is 219 Å². The summed E-state index contributed by atoms with van der Waals surface area (Å²) in [7, 11) is 0. The SMILES string of the molecule is CC(=O)C(N=Nc1cccc2c1C(=O)N(C(c1ccccc1)c1ccccc1)C2=O)=C(O)C(F)(F)F.[Ni+2]. The van der Waals surface area contributed by atoms with Gasteiger partial charge >= 0.3 is 22.7 Å². The molecule has 7 nitrogen and oxygen atoms in total. The van der Waals surface area contributed by atoms with Crippen molar-refractivity contribution in [3.63, 3.8) is 0 Å². The summed E-state index contributed by atoms with van der Waals surface area (Å²) in [5, 5.41) is 16.3. The molecule has 1 aliphatic heterocycles. The van der Waals surface area contributed by atoms with Crippen LogP contribution in [0.25, 0.3) is 0 Å². The number of Topliss-reactive ketones (excluding diaryl/α,β-unsaturated/α-hetero) is 1. The van der Waals surface area contributed by atoms with Crippen LogP contribution in [-0.4, -0.2) is 33.8 Å². The van der Waals surface area contributed by atoms with Gasteiger partial charge < -0.3 is 5.11 Å². The summed E-state index contributed by atoms with van der Waals surface area (Å²) < 4.78 is 38.7. The molecule has 0 saturated carbocycles. The molecular formula is C26H18F3N3NiO4+2. The second-order valence-corrected chi connectivity index (χ2v) is 7.86. The standard InChI is InChI=1S/C26H18F3N3O4.Ni/c1-15(33)21(23(34)26(27,28)29)31-30-19-14-8-13-18-20(19)25(36)32(24(18)35)22(16-9-4-2-5-10-16)17-11-6-3-7-12-17;/h2-14,22,34H,1H3;/q;+2. The number of aliphatic hydroxyl groups is 1. The van der Waals surface area contributed by atoms with Crippen LogP contribution in [0.15, 0.2) is 101 Å². The topological polar surface area (TPSA) is 99.4 Å². The van der Waals surface area contributed by atoms with Crippen LogP contribution in [0.1, 0.15) is 44.8 Å². The number of hydrogen-bond donors (Lipinski definition) is 1. The van der Waals surface area contributed by atoms with Crippen molar-refractivity contribution in [2.45, 2.75) is 19.1 Å². The Morgan fingerprint density at radius 3 is 1.89 bits per heavy atom. The molecule has 0 atom stereocenters. The number of benzene rings is 3. The van der Waals surface area contributed by atoms with Crippen molar-refractivity contribution in [2.75, 3.05) is 0 Å². The van der Waals surface area contributed by atoms with Crippen molar-refractivity contribution >= 4 is 23.3 Å². The van der Waals surface area contributed by atoms with E-state index in [0.29, 0.717) is 11.1 Å². The molecule has 0 unspecified atom stereocenters. The van der Waals surface area contributed by atoms with Gasteiger partial charge in [0.1, 0.15) is 0 Å². The Kier molecular flexibility index (Phi) is 8.08. The minimum absolute atomic E-state index is 0. The molecule has 3 aromatic carbocycles. The van der Waals surface area contributed by atoms with Crippen LogP contribution >= 0.6 is 0 Å². The van der Waals surface area contributed by atoms with Crippen molar-refractivity contribution in [1.82, 2.24) is 4.90 Å². The van der Waals surface area contributed by atoms with Gasteiger partial charge in [0.15, 0.2) is 11.5 Å². The Balaban J connectivity index is 0.00000380. The summed E-state index contributed by atoms with van der Waals surface area (Å²) in [4.78, 5) is 39.7. The van der Waals surface area contributed by atoms with E-state index >= 15 is 0 Å². The molecule has 0 saturated heterocycles. The third-order valence-corrected chi connectivity index (χ3v) is 5.50. The number of imide groups is 1. The zero-order chi connectivity index (χ0) is 26.0. The fourth-order valence-corrected chi connectivity index (χ4v) is 3.89. The van der Waals surface area contributed by atoms with Crippen LogP contribution < -0.4 is 0 Å². The Morgan fingerprint density at radius 1 is 0.865 bits per heavy atom. The summed E-state index contributed by atoms with van der Waals surface area (Å²) in [6.07, 6.45) is -5.22. The number of nitrogens with zero attached hydrogens (tertiary/aromatic N) is 3. The molecule has 2 amide bonds. The third-order valence-electron chi connectivity index (χ3n) is 5.50. The first-order chi connectivity index (χ1) is 17.1. The van der Waals surface area contributed by atoms with E-state index in [2.05, 4.69) is 10.2 Å². The number of fused-ring (bicyclic) bond motifs is 1. The zero-order valence-electron chi connectivity index (χ0n) is 19.0. The number of halogens is 3. The van der Waals surface area contributed by atoms with E-state index in [1.54, 1.807) is 60.7 Å². The summed E-state index contributed by atoms with van der Waals surface area (Å²) >= 11 is 0. The van der Waals surface area contributed by atoms with Crippen LogP contribution in [0.3, 0.4) is 0 Å². The smallest absolute Gasteiger partial charge is 0.503 e. The number of azo groups is 1. The number of carbonyl (C=O) groups excluding carboxylic acids is 3. The molecule has 1 heterocycles. The maximum atomic E-state index is 13.6. The quantitative estimate of drug-likeness (QED) is 0.132. The van der Waals surface area contributed by atoms with Crippen LogP contribution in [0.5, 0.6) is 0 Å². The first-order valence-corrected chi connectivity index (χ1v) is 10.6. The average molecular weight is 552 g/mol. The van der Waals surface area contributed by atoms with Gasteiger partial charge in [0.2, 0.25) is 5.76 Å². The number of amides is 2. The molecule has 0 aromatic heterocycles. The van der Waals surface area contributed by atoms with Gasteiger partial charge in [-0.05, 0) is 23.3 Å². The number of ketones is 1. The van der Waals surface area contributed by atoms with E-state index in [-0.39, 0.29) is 33.3 Å². The molecule has 4 rings (SSSR count). The predicted molar refractivity (Wildman–Crippen MR) is 123 cm³/mol. The molecule has 0 fully saturated rings. The number of hydrogen-bond acceptors (Lipinski definition) is 6. The number of alkyl halides is 3. The van der Waals surface area contributed by atoms with Gasteiger partial charge in [-0.1, -0.05) is 66.7 Å². The zero-order valence-corrected chi connectivity index (χ0v) is 20.0. The van der Waals surface area contributed by atoms with Crippen LogP contribution in [0.2, 0.25) is 0 Å². The van der Waals surface area contributed by atoms with Gasteiger partial charge in [-0.3, -0.25) is 19.3 Å². The first kappa shape index (κ1) is 27.5. The molecule has 1 aliphatic rings. The summed E-state index contributed by atoms with van der Waals surface area (Å²) in [5.41, 5.74) is -0.391. The maximum Gasteiger partial charge on any atom is 2.00 e. The van der Waals surface area contributed by atoms with E-state index in [9.17, 15) is 32.7 Å². The van der Waals surface area contributed by atoms with Crippen molar-refractivity contribution in [1.29, 1.82) is 0 Å². The fraction of sp³-hybridized carbons (Fsp3) is 0.115. The minimum atomic E-state index is -5.22. The molecular weight excluding hydrogens is 534 g/mol. The normalized spacial score (nSPS) is 14.0. The monoisotopic (exact) mass is 551 g/mol. The van der Waals surface area contributed by atoms with Gasteiger partial charge in [-0.2, -0.15) is 13.2 Å². The first-order valence-electron chi connectivity index (χ1n) is 10.6. The Bertz CT molecular complexity index is 1370. The molecule has 1 N–H and O–H groups in total. The summed E-state index contributed by atoms with van der Waals surface area (Å²) in [6.45, 7) is 0.784. The Hall–Kier alpha value is -4.11. The third kappa shape index (κ3) is 5.36.